The third kappa shape index (κ3) is 3.51. The fourth-order valence-electron chi connectivity index (χ4n) is 2.44. The molecule has 0 unspecified atom stereocenters. The van der Waals surface area contributed by atoms with Crippen LogP contribution in [0.5, 0.6) is 0 Å². The van der Waals surface area contributed by atoms with E-state index in [1.165, 1.54) is 37.7 Å². The molecule has 0 bridgehead atoms. The van der Waals surface area contributed by atoms with Crippen molar-refractivity contribution in [2.24, 2.45) is 0 Å². The van der Waals surface area contributed by atoms with E-state index in [4.69, 9.17) is 0 Å². The van der Waals surface area contributed by atoms with Crippen molar-refractivity contribution in [3.63, 3.8) is 0 Å². The van der Waals surface area contributed by atoms with E-state index in [9.17, 15) is 5.26 Å². The molecule has 0 aromatic heterocycles. The average Bonchev–Trinajstić information content (AvgIpc) is 2.42. The summed E-state index contributed by atoms with van der Waals surface area (Å²) in [5.74, 6) is 0. The molecule has 0 radical (unpaired) electrons. The van der Waals surface area contributed by atoms with Gasteiger partial charge in [-0.15, -0.1) is 11.8 Å². The lowest BCUT2D eigenvalue weighted by Crippen LogP contribution is -2.08. The molecule has 1 aromatic rings. The van der Waals surface area contributed by atoms with E-state index in [-0.39, 0.29) is 0 Å². The van der Waals surface area contributed by atoms with Crippen LogP contribution in [0.2, 0.25) is 0 Å². The van der Waals surface area contributed by atoms with Gasteiger partial charge < -0.3 is 5.32 Å². The minimum Gasteiger partial charge on any atom is -0.316 e. The van der Waals surface area contributed by atoms with Crippen molar-refractivity contribution < 1.29 is 0 Å². The van der Waals surface area contributed by atoms with E-state index < -0.39 is 0 Å². The van der Waals surface area contributed by atoms with Gasteiger partial charge in [0.25, 0.3) is 0 Å². The second-order valence-electron chi connectivity index (χ2n) is 4.85. The Kier molecular flexibility index (Phi) is 5.10. The van der Waals surface area contributed by atoms with Gasteiger partial charge in [0, 0.05) is 16.7 Å². The number of thioether (sulfide) groups is 1. The summed E-state index contributed by atoms with van der Waals surface area (Å²) in [4.78, 5) is 1.16. The number of rotatable bonds is 4. The van der Waals surface area contributed by atoms with E-state index in [0.29, 0.717) is 5.25 Å². The molecule has 18 heavy (non-hydrogen) atoms. The maximum atomic E-state index is 9.26. The number of nitrogens with one attached hydrogen (secondary N) is 1. The highest BCUT2D eigenvalue weighted by Crippen LogP contribution is 2.35. The van der Waals surface area contributed by atoms with Crippen molar-refractivity contribution in [2.45, 2.75) is 48.8 Å². The average molecular weight is 260 g/mol. The number of hydrogen-bond donors (Lipinski definition) is 1. The molecule has 0 spiro atoms. The van der Waals surface area contributed by atoms with Gasteiger partial charge in [-0.1, -0.05) is 25.3 Å². The fourth-order valence-corrected chi connectivity index (χ4v) is 3.75. The lowest BCUT2D eigenvalue weighted by atomic mass is 10.0. The molecule has 1 saturated carbocycles. The summed E-state index contributed by atoms with van der Waals surface area (Å²) >= 11 is 1.90. The smallest absolute Gasteiger partial charge is 0.100 e. The Balaban J connectivity index is 2.09. The Morgan fingerprint density at radius 2 is 2.11 bits per heavy atom. The number of hydrogen-bond acceptors (Lipinski definition) is 3. The van der Waals surface area contributed by atoms with Gasteiger partial charge in [-0.2, -0.15) is 5.26 Å². The largest absolute Gasteiger partial charge is 0.316 e. The summed E-state index contributed by atoms with van der Waals surface area (Å²) in [6, 6.07) is 8.59. The lowest BCUT2D eigenvalue weighted by Gasteiger charge is -2.21. The summed E-state index contributed by atoms with van der Waals surface area (Å²) in [6.45, 7) is 0.822. The third-order valence-electron chi connectivity index (χ3n) is 3.39. The van der Waals surface area contributed by atoms with Crippen LogP contribution >= 0.6 is 11.8 Å². The Morgan fingerprint density at radius 3 is 2.78 bits per heavy atom. The van der Waals surface area contributed by atoms with Gasteiger partial charge in [-0.3, -0.25) is 0 Å². The van der Waals surface area contributed by atoms with Gasteiger partial charge in [-0.25, -0.2) is 0 Å². The Hall–Kier alpha value is -0.980. The molecule has 0 amide bonds. The van der Waals surface area contributed by atoms with Crippen LogP contribution in [0.3, 0.4) is 0 Å². The predicted octanol–water partition coefficient (Wildman–Crippen LogP) is 3.70. The van der Waals surface area contributed by atoms with E-state index in [1.54, 1.807) is 0 Å². The van der Waals surface area contributed by atoms with Gasteiger partial charge >= 0.3 is 0 Å². The zero-order valence-electron chi connectivity index (χ0n) is 10.9. The molecule has 0 atom stereocenters. The minimum atomic E-state index is 0.709. The summed E-state index contributed by atoms with van der Waals surface area (Å²) < 4.78 is 0. The van der Waals surface area contributed by atoms with Gasteiger partial charge in [-0.05, 0) is 37.6 Å². The molecular formula is C15H20N2S. The first-order valence-corrected chi connectivity index (χ1v) is 7.55. The Bertz CT molecular complexity index is 431. The van der Waals surface area contributed by atoms with E-state index >= 15 is 0 Å². The molecule has 0 aliphatic heterocycles. The van der Waals surface area contributed by atoms with Crippen molar-refractivity contribution in [3.05, 3.63) is 29.3 Å². The summed E-state index contributed by atoms with van der Waals surface area (Å²) in [6.07, 6.45) is 6.67. The SMILES string of the molecule is CNCc1ccc(SC2CCCCC2)c(C#N)c1. The molecule has 2 rings (SSSR count). The lowest BCUT2D eigenvalue weighted by molar-refractivity contribution is 0.516. The van der Waals surface area contributed by atoms with Crippen molar-refractivity contribution in [1.29, 1.82) is 5.26 Å². The molecule has 1 N–H and O–H groups in total. The van der Waals surface area contributed by atoms with Gasteiger partial charge in [0.05, 0.1) is 5.56 Å². The normalized spacial score (nSPS) is 16.4. The van der Waals surface area contributed by atoms with Crippen molar-refractivity contribution >= 4 is 11.8 Å². The highest BCUT2D eigenvalue weighted by molar-refractivity contribution is 8.00. The topological polar surface area (TPSA) is 35.8 Å². The van der Waals surface area contributed by atoms with Gasteiger partial charge in [0.1, 0.15) is 6.07 Å². The maximum absolute atomic E-state index is 9.26. The van der Waals surface area contributed by atoms with Crippen molar-refractivity contribution in [1.82, 2.24) is 5.32 Å². The summed E-state index contributed by atoms with van der Waals surface area (Å²) in [7, 11) is 1.93. The van der Waals surface area contributed by atoms with Gasteiger partial charge in [0.2, 0.25) is 0 Å². The van der Waals surface area contributed by atoms with Crippen LogP contribution in [-0.4, -0.2) is 12.3 Å². The molecule has 1 aliphatic carbocycles. The number of benzene rings is 1. The van der Waals surface area contributed by atoms with Crippen LogP contribution in [0, 0.1) is 11.3 Å². The summed E-state index contributed by atoms with van der Waals surface area (Å²) in [5, 5.41) is 13.1. The van der Waals surface area contributed by atoms with Crippen LogP contribution < -0.4 is 5.32 Å². The first-order valence-electron chi connectivity index (χ1n) is 6.68. The first-order chi connectivity index (χ1) is 8.83. The highest BCUT2D eigenvalue weighted by atomic mass is 32.2. The van der Waals surface area contributed by atoms with E-state index in [1.807, 2.05) is 24.9 Å². The van der Waals surface area contributed by atoms with E-state index in [2.05, 4.69) is 23.5 Å². The molecule has 2 nitrogen and oxygen atoms in total. The van der Waals surface area contributed by atoms with Crippen molar-refractivity contribution in [3.8, 4) is 6.07 Å². The molecule has 1 fully saturated rings. The monoisotopic (exact) mass is 260 g/mol. The van der Waals surface area contributed by atoms with E-state index in [0.717, 1.165) is 17.0 Å². The van der Waals surface area contributed by atoms with Crippen LogP contribution in [-0.2, 0) is 6.54 Å². The Morgan fingerprint density at radius 1 is 1.33 bits per heavy atom. The van der Waals surface area contributed by atoms with Crippen LogP contribution in [0.4, 0.5) is 0 Å². The second kappa shape index (κ2) is 6.82. The molecular weight excluding hydrogens is 240 g/mol. The zero-order valence-corrected chi connectivity index (χ0v) is 11.7. The molecule has 1 aromatic carbocycles. The quantitative estimate of drug-likeness (QED) is 0.896. The molecule has 3 heteroatoms. The number of nitriles is 1. The molecule has 96 valence electrons. The molecule has 1 aliphatic rings. The van der Waals surface area contributed by atoms with Crippen LogP contribution in [0.1, 0.15) is 43.2 Å². The fraction of sp³-hybridized carbons (Fsp3) is 0.533. The molecule has 0 saturated heterocycles. The third-order valence-corrected chi connectivity index (χ3v) is 4.81. The van der Waals surface area contributed by atoms with Crippen LogP contribution in [0.25, 0.3) is 0 Å². The first kappa shape index (κ1) is 13.5. The van der Waals surface area contributed by atoms with Crippen molar-refractivity contribution in [2.75, 3.05) is 7.05 Å². The number of nitrogens with zero attached hydrogens (tertiary/aromatic N) is 1. The van der Waals surface area contributed by atoms with Gasteiger partial charge in [0.15, 0.2) is 0 Å². The standard InChI is InChI=1S/C15H20N2S/c1-17-11-12-7-8-15(13(9-12)10-16)18-14-5-3-2-4-6-14/h7-9,14,17H,2-6,11H2,1H3. The molecule has 0 heterocycles. The summed E-state index contributed by atoms with van der Waals surface area (Å²) in [5.41, 5.74) is 2.01. The zero-order chi connectivity index (χ0) is 12.8. The Labute approximate surface area is 114 Å². The maximum Gasteiger partial charge on any atom is 0.100 e. The second-order valence-corrected chi connectivity index (χ2v) is 6.19. The minimum absolute atomic E-state index is 0.709. The highest BCUT2D eigenvalue weighted by Gasteiger charge is 2.16. The predicted molar refractivity (Wildman–Crippen MR) is 76.7 cm³/mol. The van der Waals surface area contributed by atoms with Crippen LogP contribution in [0.15, 0.2) is 23.1 Å².